The number of para-hydroxylation sites is 1. The Morgan fingerprint density at radius 2 is 1.85 bits per heavy atom. The topological polar surface area (TPSA) is 80.8 Å². The summed E-state index contributed by atoms with van der Waals surface area (Å²) in [5.74, 6) is 0.508. The molecule has 172 valence electrons. The summed E-state index contributed by atoms with van der Waals surface area (Å²) in [6.45, 7) is 6.67. The summed E-state index contributed by atoms with van der Waals surface area (Å²) in [7, 11) is 0. The van der Waals surface area contributed by atoms with Crippen LogP contribution >= 0.6 is 0 Å². The number of pyridine rings is 1. The zero-order valence-electron chi connectivity index (χ0n) is 18.5. The lowest BCUT2D eigenvalue weighted by atomic mass is 10.2. The molecule has 1 aromatic heterocycles. The predicted molar refractivity (Wildman–Crippen MR) is 130 cm³/mol. The number of amides is 1. The molecule has 3 heterocycles. The normalized spacial score (nSPS) is 19.3. The van der Waals surface area contributed by atoms with Crippen LogP contribution in [0.3, 0.4) is 0 Å². The van der Waals surface area contributed by atoms with Gasteiger partial charge in [-0.15, -0.1) is 0 Å². The van der Waals surface area contributed by atoms with Gasteiger partial charge in [0.2, 0.25) is 0 Å². The number of hydrogen-bond acceptors (Lipinski definition) is 6. The minimum Gasteiger partial charge on any atom is -0.611 e. The molecule has 3 aromatic rings. The van der Waals surface area contributed by atoms with E-state index in [2.05, 4.69) is 39.4 Å². The minimum absolute atomic E-state index is 0.0133. The van der Waals surface area contributed by atoms with Crippen molar-refractivity contribution in [2.45, 2.75) is 17.9 Å². The summed E-state index contributed by atoms with van der Waals surface area (Å²) < 4.78 is 18.0. The second-order valence-electron chi connectivity index (χ2n) is 8.51. The molecule has 0 bridgehead atoms. The first-order chi connectivity index (χ1) is 16.1. The molecule has 0 saturated carbocycles. The fraction of sp³-hybridized carbons (Fsp3) is 0.360. The van der Waals surface area contributed by atoms with Crippen LogP contribution in [0, 0.1) is 0 Å². The highest BCUT2D eigenvalue weighted by molar-refractivity contribution is 7.92. The van der Waals surface area contributed by atoms with E-state index in [1.54, 1.807) is 12.1 Å². The van der Waals surface area contributed by atoms with Gasteiger partial charge in [0.15, 0.2) is 10.6 Å². The van der Waals surface area contributed by atoms with Crippen molar-refractivity contribution in [2.75, 3.05) is 50.4 Å². The van der Waals surface area contributed by atoms with Gasteiger partial charge in [-0.1, -0.05) is 24.3 Å². The maximum atomic E-state index is 12.2. The molecule has 0 spiro atoms. The first-order valence-corrected chi connectivity index (χ1v) is 12.7. The van der Waals surface area contributed by atoms with E-state index in [1.807, 2.05) is 18.2 Å². The quantitative estimate of drug-likeness (QED) is 0.428. The van der Waals surface area contributed by atoms with Gasteiger partial charge in [-0.25, -0.2) is 0 Å². The van der Waals surface area contributed by atoms with E-state index in [1.165, 1.54) is 5.39 Å². The summed E-state index contributed by atoms with van der Waals surface area (Å²) in [6, 6.07) is 17.9. The molecule has 2 aromatic carbocycles. The van der Waals surface area contributed by atoms with Crippen LogP contribution in [-0.4, -0.2) is 70.3 Å². The SMILES string of the molecule is O=C1C[S+]([O-])c2cc(OCCCN3CCN(Cc4ccc5ccccc5n4)CC3)ccc2N1. The number of anilines is 1. The van der Waals surface area contributed by atoms with Gasteiger partial charge < -0.3 is 19.5 Å². The summed E-state index contributed by atoms with van der Waals surface area (Å²) in [5, 5.41) is 3.94. The summed E-state index contributed by atoms with van der Waals surface area (Å²) in [5.41, 5.74) is 2.80. The molecular weight excluding hydrogens is 436 g/mol. The first kappa shape index (κ1) is 22.2. The number of piperazine rings is 1. The van der Waals surface area contributed by atoms with Gasteiger partial charge in [-0.3, -0.25) is 14.7 Å². The van der Waals surface area contributed by atoms with Crippen molar-refractivity contribution in [1.82, 2.24) is 14.8 Å². The average molecular weight is 465 g/mol. The van der Waals surface area contributed by atoms with Gasteiger partial charge in [0, 0.05) is 50.7 Å². The molecule has 1 amide bonds. The van der Waals surface area contributed by atoms with Crippen molar-refractivity contribution in [3.63, 3.8) is 0 Å². The Morgan fingerprint density at radius 1 is 1.03 bits per heavy atom. The molecule has 2 aliphatic heterocycles. The number of benzene rings is 2. The second-order valence-corrected chi connectivity index (χ2v) is 9.93. The van der Waals surface area contributed by atoms with Crippen LogP contribution in [0.25, 0.3) is 10.9 Å². The molecular formula is C25H28N4O3S. The average Bonchev–Trinajstić information content (AvgIpc) is 2.83. The van der Waals surface area contributed by atoms with E-state index in [-0.39, 0.29) is 11.7 Å². The Kier molecular flexibility index (Phi) is 6.78. The Morgan fingerprint density at radius 3 is 2.73 bits per heavy atom. The van der Waals surface area contributed by atoms with E-state index in [0.717, 1.165) is 56.9 Å². The van der Waals surface area contributed by atoms with Crippen LogP contribution in [0.1, 0.15) is 12.1 Å². The van der Waals surface area contributed by atoms with Crippen molar-refractivity contribution in [3.05, 3.63) is 60.3 Å². The fourth-order valence-corrected chi connectivity index (χ4v) is 5.42. The maximum absolute atomic E-state index is 12.2. The van der Waals surface area contributed by atoms with Crippen LogP contribution in [0.2, 0.25) is 0 Å². The molecule has 1 N–H and O–H groups in total. The van der Waals surface area contributed by atoms with Crippen molar-refractivity contribution < 1.29 is 14.1 Å². The van der Waals surface area contributed by atoms with Crippen LogP contribution < -0.4 is 10.1 Å². The number of aromatic nitrogens is 1. The highest BCUT2D eigenvalue weighted by atomic mass is 32.2. The van der Waals surface area contributed by atoms with E-state index < -0.39 is 11.2 Å². The second kappa shape index (κ2) is 10.1. The van der Waals surface area contributed by atoms with Gasteiger partial charge in [0.1, 0.15) is 5.75 Å². The van der Waals surface area contributed by atoms with Gasteiger partial charge in [-0.05, 0) is 41.9 Å². The Bertz CT molecular complexity index is 1130. The highest BCUT2D eigenvalue weighted by Gasteiger charge is 2.27. The molecule has 5 rings (SSSR count). The van der Waals surface area contributed by atoms with E-state index in [0.29, 0.717) is 22.9 Å². The lowest BCUT2D eigenvalue weighted by Gasteiger charge is -2.34. The number of carbonyl (C=O) groups is 1. The Labute approximate surface area is 196 Å². The monoisotopic (exact) mass is 464 g/mol. The van der Waals surface area contributed by atoms with Gasteiger partial charge >= 0.3 is 0 Å². The minimum atomic E-state index is -1.30. The first-order valence-electron chi connectivity index (χ1n) is 11.4. The molecule has 0 aliphatic carbocycles. The molecule has 2 aliphatic rings. The van der Waals surface area contributed by atoms with E-state index >= 15 is 0 Å². The number of rotatable bonds is 7. The van der Waals surface area contributed by atoms with Gasteiger partial charge in [0.25, 0.3) is 5.91 Å². The molecule has 1 fully saturated rings. The van der Waals surface area contributed by atoms with Crippen LogP contribution in [-0.2, 0) is 22.5 Å². The van der Waals surface area contributed by atoms with E-state index in [4.69, 9.17) is 9.72 Å². The Balaban J connectivity index is 1.04. The third-order valence-corrected chi connectivity index (χ3v) is 7.48. The molecule has 1 saturated heterocycles. The van der Waals surface area contributed by atoms with E-state index in [9.17, 15) is 9.35 Å². The third kappa shape index (κ3) is 5.47. The summed E-state index contributed by atoms with van der Waals surface area (Å²) >= 11 is -1.30. The lowest BCUT2D eigenvalue weighted by Crippen LogP contribution is -2.46. The maximum Gasteiger partial charge on any atom is 0.274 e. The highest BCUT2D eigenvalue weighted by Crippen LogP contribution is 2.30. The molecule has 33 heavy (non-hydrogen) atoms. The molecule has 7 nitrogen and oxygen atoms in total. The number of nitrogens with one attached hydrogen (secondary N) is 1. The number of carbonyl (C=O) groups excluding carboxylic acids is 1. The fourth-order valence-electron chi connectivity index (χ4n) is 4.34. The van der Waals surface area contributed by atoms with Crippen molar-refractivity contribution in [1.29, 1.82) is 0 Å². The van der Waals surface area contributed by atoms with Crippen LogP contribution in [0.5, 0.6) is 5.75 Å². The standard InChI is InChI=1S/C25H28N4O3S/c30-25-18-33(31)24-16-21(8-9-23(24)27-25)32-15-3-10-28-11-13-29(14-12-28)17-20-7-6-19-4-1-2-5-22(19)26-20/h1-2,4-9,16H,3,10-15,17-18H2,(H,27,30). The zero-order valence-corrected chi connectivity index (χ0v) is 19.4. The molecule has 8 heteroatoms. The smallest absolute Gasteiger partial charge is 0.274 e. The zero-order chi connectivity index (χ0) is 22.6. The van der Waals surface area contributed by atoms with Crippen LogP contribution in [0.4, 0.5) is 5.69 Å². The van der Waals surface area contributed by atoms with Crippen LogP contribution in [0.15, 0.2) is 59.5 Å². The predicted octanol–water partition coefficient (Wildman–Crippen LogP) is 2.88. The largest absolute Gasteiger partial charge is 0.611 e. The number of nitrogens with zero attached hydrogens (tertiary/aromatic N) is 3. The summed E-state index contributed by atoms with van der Waals surface area (Å²) in [6.07, 6.45) is 0.934. The molecule has 0 radical (unpaired) electrons. The molecule has 1 unspecified atom stereocenters. The third-order valence-electron chi connectivity index (χ3n) is 6.13. The van der Waals surface area contributed by atoms with Gasteiger partial charge in [-0.2, -0.15) is 0 Å². The Hall–Kier alpha value is -2.65. The number of fused-ring (bicyclic) bond motifs is 2. The number of ether oxygens (including phenoxy) is 1. The van der Waals surface area contributed by atoms with Gasteiger partial charge in [0.05, 0.1) is 23.5 Å². The lowest BCUT2D eigenvalue weighted by molar-refractivity contribution is -0.114. The van der Waals surface area contributed by atoms with Crippen molar-refractivity contribution in [3.8, 4) is 5.75 Å². The summed E-state index contributed by atoms with van der Waals surface area (Å²) in [4.78, 5) is 21.9. The van der Waals surface area contributed by atoms with Crippen molar-refractivity contribution >= 4 is 33.7 Å². The van der Waals surface area contributed by atoms with Crippen molar-refractivity contribution in [2.24, 2.45) is 0 Å². The number of hydrogen-bond donors (Lipinski definition) is 1. The molecule has 1 atom stereocenters.